The second kappa shape index (κ2) is 4.95. The number of nitrogens with zero attached hydrogens (tertiary/aromatic N) is 2. The van der Waals surface area contributed by atoms with E-state index < -0.39 is 4.92 Å². The Morgan fingerprint density at radius 3 is 2.47 bits per heavy atom. The Morgan fingerprint density at radius 2 is 2.00 bits per heavy atom. The third kappa shape index (κ3) is 3.27. The molecule has 1 aliphatic carbocycles. The summed E-state index contributed by atoms with van der Waals surface area (Å²) in [5, 5.41) is 10.5. The van der Waals surface area contributed by atoms with Crippen LogP contribution >= 0.6 is 0 Å². The number of rotatable bonds is 6. The fourth-order valence-corrected chi connectivity index (χ4v) is 1.73. The van der Waals surface area contributed by atoms with Crippen LogP contribution in [0.3, 0.4) is 0 Å². The minimum absolute atomic E-state index is 0.0774. The third-order valence-electron chi connectivity index (χ3n) is 2.87. The van der Waals surface area contributed by atoms with Gasteiger partial charge in [0.05, 0.1) is 4.92 Å². The molecule has 0 bridgehead atoms. The van der Waals surface area contributed by atoms with Crippen molar-refractivity contribution in [3.63, 3.8) is 0 Å². The van der Waals surface area contributed by atoms with Crippen molar-refractivity contribution in [1.82, 2.24) is 4.90 Å². The molecule has 0 saturated heterocycles. The molecule has 5 heteroatoms. The lowest BCUT2D eigenvalue weighted by molar-refractivity contribution is -0.384. The molecule has 0 aromatic heterocycles. The molecule has 90 valence electrons. The van der Waals surface area contributed by atoms with Gasteiger partial charge < -0.3 is 4.90 Å². The summed E-state index contributed by atoms with van der Waals surface area (Å²) in [5.74, 6) is 0.651. The van der Waals surface area contributed by atoms with Gasteiger partial charge >= 0.3 is 0 Å². The van der Waals surface area contributed by atoms with E-state index in [1.165, 1.54) is 25.0 Å². The van der Waals surface area contributed by atoms with Crippen molar-refractivity contribution >= 4 is 12.1 Å². The maximum atomic E-state index is 10.9. The van der Waals surface area contributed by atoms with Gasteiger partial charge in [0, 0.05) is 25.2 Å². The molecule has 0 atom stereocenters. The van der Waals surface area contributed by atoms with Crippen molar-refractivity contribution < 1.29 is 9.72 Å². The van der Waals surface area contributed by atoms with Gasteiger partial charge in [0.25, 0.3) is 5.69 Å². The number of nitro benzene ring substituents is 1. The average molecular weight is 234 g/mol. The molecule has 1 amide bonds. The largest absolute Gasteiger partial charge is 0.341 e. The summed E-state index contributed by atoms with van der Waals surface area (Å²) < 4.78 is 0. The lowest BCUT2D eigenvalue weighted by atomic mass is 10.2. The van der Waals surface area contributed by atoms with Gasteiger partial charge in [-0.05, 0) is 24.3 Å². The van der Waals surface area contributed by atoms with Crippen LogP contribution in [0.4, 0.5) is 5.69 Å². The Labute approximate surface area is 99.2 Å². The van der Waals surface area contributed by atoms with E-state index in [0.29, 0.717) is 12.5 Å². The van der Waals surface area contributed by atoms with Gasteiger partial charge in [0.15, 0.2) is 0 Å². The standard InChI is InChI=1S/C12H14N2O3/c15-9-13(7-10-1-2-10)8-11-3-5-12(6-4-11)14(16)17/h3-6,9-10H,1-2,7-8H2. The topological polar surface area (TPSA) is 63.5 Å². The van der Waals surface area contributed by atoms with Gasteiger partial charge in [-0.15, -0.1) is 0 Å². The van der Waals surface area contributed by atoms with Gasteiger partial charge in [-0.3, -0.25) is 14.9 Å². The molecular formula is C12H14N2O3. The number of carbonyl (C=O) groups excluding carboxylic acids is 1. The first-order valence-corrected chi connectivity index (χ1v) is 5.61. The number of nitro groups is 1. The van der Waals surface area contributed by atoms with Crippen LogP contribution in [0.1, 0.15) is 18.4 Å². The van der Waals surface area contributed by atoms with Crippen LogP contribution < -0.4 is 0 Å². The molecule has 1 aromatic carbocycles. The highest BCUT2D eigenvalue weighted by atomic mass is 16.6. The molecule has 1 fully saturated rings. The summed E-state index contributed by atoms with van der Waals surface area (Å²) in [5.41, 5.74) is 0.997. The molecule has 0 aliphatic heterocycles. The first-order valence-electron chi connectivity index (χ1n) is 5.61. The molecule has 2 rings (SSSR count). The zero-order chi connectivity index (χ0) is 12.3. The summed E-state index contributed by atoms with van der Waals surface area (Å²) in [4.78, 5) is 22.6. The zero-order valence-corrected chi connectivity index (χ0v) is 9.41. The van der Waals surface area contributed by atoms with Crippen LogP contribution in [-0.4, -0.2) is 22.8 Å². The highest BCUT2D eigenvalue weighted by Crippen LogP contribution is 2.29. The van der Waals surface area contributed by atoms with Crippen molar-refractivity contribution in [3.8, 4) is 0 Å². The highest BCUT2D eigenvalue weighted by Gasteiger charge is 2.23. The summed E-state index contributed by atoms with van der Waals surface area (Å²) in [6.07, 6.45) is 3.24. The van der Waals surface area contributed by atoms with E-state index in [0.717, 1.165) is 18.5 Å². The first kappa shape index (κ1) is 11.6. The number of non-ortho nitro benzene ring substituents is 1. The molecule has 0 heterocycles. The lowest BCUT2D eigenvalue weighted by Crippen LogP contribution is -2.23. The fraction of sp³-hybridized carbons (Fsp3) is 0.417. The number of carbonyl (C=O) groups is 1. The normalized spacial score (nSPS) is 14.4. The van der Waals surface area contributed by atoms with Crippen LogP contribution in [0.15, 0.2) is 24.3 Å². The molecule has 1 saturated carbocycles. The minimum atomic E-state index is -0.425. The van der Waals surface area contributed by atoms with Crippen LogP contribution in [0.5, 0.6) is 0 Å². The first-order chi connectivity index (χ1) is 8.19. The Kier molecular flexibility index (Phi) is 3.37. The molecule has 17 heavy (non-hydrogen) atoms. The number of benzene rings is 1. The number of amides is 1. The Balaban J connectivity index is 1.96. The molecule has 0 unspecified atom stereocenters. The number of hydrogen-bond acceptors (Lipinski definition) is 3. The van der Waals surface area contributed by atoms with Crippen LogP contribution in [0.25, 0.3) is 0 Å². The zero-order valence-electron chi connectivity index (χ0n) is 9.41. The molecule has 1 aliphatic rings. The van der Waals surface area contributed by atoms with Gasteiger partial charge in [0.1, 0.15) is 0 Å². The van der Waals surface area contributed by atoms with E-state index >= 15 is 0 Å². The van der Waals surface area contributed by atoms with E-state index in [2.05, 4.69) is 0 Å². The van der Waals surface area contributed by atoms with Gasteiger partial charge in [0.2, 0.25) is 6.41 Å². The molecular weight excluding hydrogens is 220 g/mol. The van der Waals surface area contributed by atoms with Crippen LogP contribution in [0.2, 0.25) is 0 Å². The molecule has 1 aromatic rings. The van der Waals surface area contributed by atoms with E-state index in [4.69, 9.17) is 0 Å². The quantitative estimate of drug-likeness (QED) is 0.429. The fourth-order valence-electron chi connectivity index (χ4n) is 1.73. The Hall–Kier alpha value is -1.91. The van der Waals surface area contributed by atoms with E-state index in [1.54, 1.807) is 17.0 Å². The summed E-state index contributed by atoms with van der Waals surface area (Å²) >= 11 is 0. The smallest absolute Gasteiger partial charge is 0.269 e. The van der Waals surface area contributed by atoms with E-state index in [1.807, 2.05) is 0 Å². The van der Waals surface area contributed by atoms with Gasteiger partial charge in [-0.25, -0.2) is 0 Å². The van der Waals surface area contributed by atoms with E-state index in [-0.39, 0.29) is 5.69 Å². The van der Waals surface area contributed by atoms with Crippen molar-refractivity contribution in [3.05, 3.63) is 39.9 Å². The summed E-state index contributed by atoms with van der Waals surface area (Å²) in [6.45, 7) is 1.32. The summed E-state index contributed by atoms with van der Waals surface area (Å²) in [6, 6.07) is 6.33. The van der Waals surface area contributed by atoms with Gasteiger partial charge in [-0.2, -0.15) is 0 Å². The molecule has 0 spiro atoms. The van der Waals surface area contributed by atoms with Crippen molar-refractivity contribution in [1.29, 1.82) is 0 Å². The Morgan fingerprint density at radius 1 is 1.35 bits per heavy atom. The monoisotopic (exact) mass is 234 g/mol. The SMILES string of the molecule is O=CN(Cc1ccc([N+](=O)[O-])cc1)CC1CC1. The van der Waals surface area contributed by atoms with Crippen molar-refractivity contribution in [2.24, 2.45) is 5.92 Å². The van der Waals surface area contributed by atoms with Crippen LogP contribution in [0, 0.1) is 16.0 Å². The van der Waals surface area contributed by atoms with Crippen molar-refractivity contribution in [2.75, 3.05) is 6.54 Å². The van der Waals surface area contributed by atoms with Gasteiger partial charge in [-0.1, -0.05) is 12.1 Å². The minimum Gasteiger partial charge on any atom is -0.341 e. The molecule has 5 nitrogen and oxygen atoms in total. The maximum absolute atomic E-state index is 10.9. The second-order valence-corrected chi connectivity index (χ2v) is 4.40. The average Bonchev–Trinajstić information content (AvgIpc) is 3.13. The third-order valence-corrected chi connectivity index (χ3v) is 2.87. The van der Waals surface area contributed by atoms with Crippen molar-refractivity contribution in [2.45, 2.75) is 19.4 Å². The van der Waals surface area contributed by atoms with E-state index in [9.17, 15) is 14.9 Å². The predicted octanol–water partition coefficient (Wildman–Crippen LogP) is 1.96. The number of hydrogen-bond donors (Lipinski definition) is 0. The lowest BCUT2D eigenvalue weighted by Gasteiger charge is -2.16. The second-order valence-electron chi connectivity index (χ2n) is 4.40. The van der Waals surface area contributed by atoms with Crippen LogP contribution in [-0.2, 0) is 11.3 Å². The molecule has 0 N–H and O–H groups in total. The maximum Gasteiger partial charge on any atom is 0.269 e. The predicted molar refractivity (Wildman–Crippen MR) is 62.3 cm³/mol. The highest BCUT2D eigenvalue weighted by molar-refractivity contribution is 5.47. The summed E-state index contributed by atoms with van der Waals surface area (Å²) in [7, 11) is 0. The molecule has 0 radical (unpaired) electrons. The Bertz CT molecular complexity index is 412.